The average Bonchev–Trinajstić information content (AvgIpc) is 3.18. The Hall–Kier alpha value is -3.39. The first kappa shape index (κ1) is 16.1. The lowest BCUT2D eigenvalue weighted by atomic mass is 9.86. The molecule has 0 aliphatic heterocycles. The first-order chi connectivity index (χ1) is 12.8. The number of carbonyl (C=O) groups excluding carboxylic acids is 1. The Bertz CT molecular complexity index is 1040. The first-order valence-electron chi connectivity index (χ1n) is 8.48. The van der Waals surface area contributed by atoms with Gasteiger partial charge in [-0.2, -0.15) is 5.26 Å². The summed E-state index contributed by atoms with van der Waals surface area (Å²) in [7, 11) is 0. The zero-order chi connectivity index (χ0) is 17.9. The summed E-state index contributed by atoms with van der Waals surface area (Å²) in [5.41, 5.74) is 4.00. The zero-order valence-corrected chi connectivity index (χ0v) is 14.1. The zero-order valence-electron chi connectivity index (χ0n) is 14.1. The van der Waals surface area contributed by atoms with E-state index >= 15 is 0 Å². The molecule has 4 rings (SSSR count). The highest BCUT2D eigenvalue weighted by molar-refractivity contribution is 6.06. The predicted octanol–water partition coefficient (Wildman–Crippen LogP) is 4.39. The number of para-hydroxylation sites is 1. The molecule has 26 heavy (non-hydrogen) atoms. The third kappa shape index (κ3) is 2.86. The standard InChI is InChI=1S/C21H16N2O3/c22-10-12-26-21(24)19-16-7-1-2-9-18(16)23-20-14(5-3-8-17(19)20)13-15-6-4-11-25-15/h1-2,4,6-7,9,11,13H,3,5,8,12H2. The van der Waals surface area contributed by atoms with E-state index in [4.69, 9.17) is 19.4 Å². The van der Waals surface area contributed by atoms with Gasteiger partial charge in [0.15, 0.2) is 6.61 Å². The topological polar surface area (TPSA) is 76.1 Å². The van der Waals surface area contributed by atoms with Crippen LogP contribution in [0.2, 0.25) is 0 Å². The van der Waals surface area contributed by atoms with E-state index in [1.165, 1.54) is 0 Å². The van der Waals surface area contributed by atoms with Crippen LogP contribution in [0.1, 0.15) is 40.2 Å². The maximum absolute atomic E-state index is 12.7. The van der Waals surface area contributed by atoms with Gasteiger partial charge in [-0.05, 0) is 54.7 Å². The third-order valence-corrected chi connectivity index (χ3v) is 4.50. The normalized spacial score (nSPS) is 14.8. The van der Waals surface area contributed by atoms with Crippen molar-refractivity contribution < 1.29 is 13.9 Å². The number of benzene rings is 1. The average molecular weight is 344 g/mol. The van der Waals surface area contributed by atoms with Crippen LogP contribution in [0.15, 0.2) is 47.1 Å². The maximum atomic E-state index is 12.7. The molecule has 2 heterocycles. The molecular weight excluding hydrogens is 328 g/mol. The van der Waals surface area contributed by atoms with Gasteiger partial charge >= 0.3 is 5.97 Å². The van der Waals surface area contributed by atoms with Gasteiger partial charge < -0.3 is 9.15 Å². The van der Waals surface area contributed by atoms with Crippen molar-refractivity contribution in [3.63, 3.8) is 0 Å². The fraction of sp³-hybridized carbons (Fsp3) is 0.190. The van der Waals surface area contributed by atoms with Crippen molar-refractivity contribution in [3.8, 4) is 6.07 Å². The van der Waals surface area contributed by atoms with E-state index in [1.807, 2.05) is 48.5 Å². The van der Waals surface area contributed by atoms with Gasteiger partial charge in [-0.25, -0.2) is 9.78 Å². The van der Waals surface area contributed by atoms with Crippen LogP contribution in [0.4, 0.5) is 0 Å². The highest BCUT2D eigenvalue weighted by Crippen LogP contribution is 2.36. The van der Waals surface area contributed by atoms with Gasteiger partial charge in [0.05, 0.1) is 23.0 Å². The van der Waals surface area contributed by atoms with Crippen molar-refractivity contribution in [2.24, 2.45) is 0 Å². The largest absolute Gasteiger partial charge is 0.465 e. The molecule has 0 bridgehead atoms. The molecule has 0 saturated carbocycles. The van der Waals surface area contributed by atoms with Gasteiger partial charge in [0.2, 0.25) is 0 Å². The Kier molecular flexibility index (Phi) is 4.24. The minimum Gasteiger partial charge on any atom is -0.465 e. The highest BCUT2D eigenvalue weighted by Gasteiger charge is 2.26. The number of allylic oxidation sites excluding steroid dienone is 1. The molecule has 0 spiro atoms. The van der Waals surface area contributed by atoms with E-state index in [0.29, 0.717) is 5.56 Å². The van der Waals surface area contributed by atoms with Gasteiger partial charge in [-0.3, -0.25) is 0 Å². The highest BCUT2D eigenvalue weighted by atomic mass is 16.5. The fourth-order valence-corrected chi connectivity index (χ4v) is 3.42. The van der Waals surface area contributed by atoms with Crippen LogP contribution in [-0.2, 0) is 11.2 Å². The summed E-state index contributed by atoms with van der Waals surface area (Å²) in [6.07, 6.45) is 6.14. The molecule has 1 aromatic carbocycles. The third-order valence-electron chi connectivity index (χ3n) is 4.50. The van der Waals surface area contributed by atoms with Gasteiger partial charge in [0, 0.05) is 5.39 Å². The summed E-state index contributed by atoms with van der Waals surface area (Å²) in [4.78, 5) is 17.5. The van der Waals surface area contributed by atoms with Crippen LogP contribution in [0, 0.1) is 11.3 Å². The molecule has 0 fully saturated rings. The van der Waals surface area contributed by atoms with Crippen molar-refractivity contribution >= 4 is 28.5 Å². The molecule has 0 unspecified atom stereocenters. The van der Waals surface area contributed by atoms with Gasteiger partial charge in [-0.15, -0.1) is 0 Å². The number of pyridine rings is 1. The van der Waals surface area contributed by atoms with Crippen molar-refractivity contribution in [1.82, 2.24) is 4.98 Å². The van der Waals surface area contributed by atoms with E-state index < -0.39 is 5.97 Å². The van der Waals surface area contributed by atoms with E-state index in [0.717, 1.165) is 52.8 Å². The lowest BCUT2D eigenvalue weighted by Gasteiger charge is -2.22. The number of furan rings is 1. The molecule has 1 aliphatic rings. The predicted molar refractivity (Wildman–Crippen MR) is 97.2 cm³/mol. The van der Waals surface area contributed by atoms with E-state index in [1.54, 1.807) is 6.26 Å². The molecule has 0 N–H and O–H groups in total. The maximum Gasteiger partial charge on any atom is 0.340 e. The van der Waals surface area contributed by atoms with E-state index in [-0.39, 0.29) is 6.61 Å². The first-order valence-corrected chi connectivity index (χ1v) is 8.48. The van der Waals surface area contributed by atoms with E-state index in [9.17, 15) is 4.79 Å². The van der Waals surface area contributed by atoms with Crippen LogP contribution < -0.4 is 0 Å². The molecular formula is C21H16N2O3. The molecule has 128 valence electrons. The van der Waals surface area contributed by atoms with Gasteiger partial charge in [0.1, 0.15) is 11.8 Å². The van der Waals surface area contributed by atoms with Crippen LogP contribution in [0.5, 0.6) is 0 Å². The van der Waals surface area contributed by atoms with Crippen LogP contribution in [0.25, 0.3) is 22.6 Å². The van der Waals surface area contributed by atoms with Crippen molar-refractivity contribution in [1.29, 1.82) is 5.26 Å². The molecule has 0 saturated heterocycles. The Morgan fingerprint density at radius 2 is 2.15 bits per heavy atom. The number of nitrogens with zero attached hydrogens (tertiary/aromatic N) is 2. The summed E-state index contributed by atoms with van der Waals surface area (Å²) in [6.45, 7) is -0.265. The monoisotopic (exact) mass is 344 g/mol. The molecule has 0 amide bonds. The van der Waals surface area contributed by atoms with Crippen LogP contribution in [0.3, 0.4) is 0 Å². The molecule has 5 heteroatoms. The quantitative estimate of drug-likeness (QED) is 0.659. The number of nitriles is 1. The molecule has 2 aromatic heterocycles. The fourth-order valence-electron chi connectivity index (χ4n) is 3.42. The number of esters is 1. The second kappa shape index (κ2) is 6.85. The number of carbonyl (C=O) groups is 1. The van der Waals surface area contributed by atoms with Gasteiger partial charge in [-0.1, -0.05) is 18.2 Å². The molecule has 5 nitrogen and oxygen atoms in total. The molecule has 0 radical (unpaired) electrons. The Balaban J connectivity index is 1.93. The summed E-state index contributed by atoms with van der Waals surface area (Å²) in [5, 5.41) is 9.50. The number of hydrogen-bond acceptors (Lipinski definition) is 5. The van der Waals surface area contributed by atoms with Gasteiger partial charge in [0.25, 0.3) is 0 Å². The Labute approximate surface area is 150 Å². The van der Waals surface area contributed by atoms with Crippen molar-refractivity contribution in [3.05, 3.63) is 65.2 Å². The minimum atomic E-state index is -0.472. The summed E-state index contributed by atoms with van der Waals surface area (Å²) in [5.74, 6) is 0.289. The van der Waals surface area contributed by atoms with Crippen LogP contribution in [-0.4, -0.2) is 17.6 Å². The lowest BCUT2D eigenvalue weighted by Crippen LogP contribution is -2.15. The van der Waals surface area contributed by atoms with Crippen molar-refractivity contribution in [2.75, 3.05) is 6.61 Å². The lowest BCUT2D eigenvalue weighted by molar-refractivity contribution is 0.0556. The summed E-state index contributed by atoms with van der Waals surface area (Å²) in [6, 6.07) is 13.1. The summed E-state index contributed by atoms with van der Waals surface area (Å²) < 4.78 is 10.6. The smallest absolute Gasteiger partial charge is 0.340 e. The second-order valence-corrected chi connectivity index (χ2v) is 6.10. The number of ether oxygens (including phenoxy) is 1. The van der Waals surface area contributed by atoms with E-state index in [2.05, 4.69) is 0 Å². The number of aromatic nitrogens is 1. The number of fused-ring (bicyclic) bond motifs is 2. The molecule has 0 atom stereocenters. The number of hydrogen-bond donors (Lipinski definition) is 0. The Morgan fingerprint density at radius 3 is 2.96 bits per heavy atom. The minimum absolute atomic E-state index is 0.265. The second-order valence-electron chi connectivity index (χ2n) is 6.10. The summed E-state index contributed by atoms with van der Waals surface area (Å²) >= 11 is 0. The SMILES string of the molecule is N#CCOC(=O)c1c2c(nc3ccccc13)C(=Cc1ccco1)CCC2. The number of rotatable bonds is 3. The van der Waals surface area contributed by atoms with Crippen LogP contribution >= 0.6 is 0 Å². The molecule has 1 aliphatic carbocycles. The Morgan fingerprint density at radius 1 is 1.27 bits per heavy atom. The van der Waals surface area contributed by atoms with Crippen molar-refractivity contribution in [2.45, 2.75) is 19.3 Å². The molecule has 3 aromatic rings.